The van der Waals surface area contributed by atoms with Crippen LogP contribution in [0, 0.1) is 0 Å². The van der Waals surface area contributed by atoms with E-state index in [9.17, 15) is 14.7 Å². The van der Waals surface area contributed by atoms with Gasteiger partial charge < -0.3 is 9.84 Å². The van der Waals surface area contributed by atoms with Crippen LogP contribution in [0.3, 0.4) is 0 Å². The molecule has 0 bridgehead atoms. The van der Waals surface area contributed by atoms with Gasteiger partial charge in [0, 0.05) is 18.0 Å². The number of esters is 1. The Morgan fingerprint density at radius 2 is 1.60 bits per heavy atom. The molecule has 3 unspecified atom stereocenters. The van der Waals surface area contributed by atoms with Gasteiger partial charge in [0.15, 0.2) is 5.78 Å². The molecule has 0 aliphatic carbocycles. The Morgan fingerprint density at radius 1 is 1.04 bits per heavy atom. The Labute approximate surface area is 147 Å². The number of Topliss-reactive ketones (excluding diaryl/α,β-unsaturated/α-hetero) is 1. The van der Waals surface area contributed by atoms with Crippen LogP contribution in [0.2, 0.25) is 0 Å². The number of methoxy groups -OCH3 is 1. The van der Waals surface area contributed by atoms with Crippen molar-refractivity contribution in [1.82, 2.24) is 5.32 Å². The molecule has 0 spiro atoms. The summed E-state index contributed by atoms with van der Waals surface area (Å²) in [5, 5.41) is 13.5. The van der Waals surface area contributed by atoms with E-state index in [1.54, 1.807) is 31.2 Å². The maximum Gasteiger partial charge on any atom is 0.323 e. The number of carbonyl (C=O) groups is 2. The van der Waals surface area contributed by atoms with Gasteiger partial charge in [-0.3, -0.25) is 14.9 Å². The number of hydrogen-bond donors (Lipinski definition) is 2. The van der Waals surface area contributed by atoms with Crippen LogP contribution >= 0.6 is 0 Å². The first kappa shape index (κ1) is 18.8. The van der Waals surface area contributed by atoms with Gasteiger partial charge in [-0.2, -0.15) is 0 Å². The summed E-state index contributed by atoms with van der Waals surface area (Å²) in [4.78, 5) is 24.4. The van der Waals surface area contributed by atoms with Crippen LogP contribution in [0.25, 0.3) is 0 Å². The Balaban J connectivity index is 2.07. The molecule has 132 valence electrons. The number of ketones is 1. The van der Waals surface area contributed by atoms with Crippen molar-refractivity contribution in [2.45, 2.75) is 31.5 Å². The number of nitrogens with one attached hydrogen (secondary N) is 1. The molecule has 0 aliphatic heterocycles. The van der Waals surface area contributed by atoms with E-state index in [2.05, 4.69) is 5.32 Å². The maximum absolute atomic E-state index is 12.4. The lowest BCUT2D eigenvalue weighted by molar-refractivity contribution is -0.143. The lowest BCUT2D eigenvalue weighted by Gasteiger charge is -2.25. The van der Waals surface area contributed by atoms with Crippen LogP contribution in [0.5, 0.6) is 0 Å². The molecule has 0 amide bonds. The van der Waals surface area contributed by atoms with Gasteiger partial charge in [0.2, 0.25) is 0 Å². The second kappa shape index (κ2) is 9.11. The van der Waals surface area contributed by atoms with E-state index in [4.69, 9.17) is 4.74 Å². The predicted octanol–water partition coefficient (Wildman–Crippen LogP) is 2.51. The third kappa shape index (κ3) is 5.24. The van der Waals surface area contributed by atoms with E-state index < -0.39 is 24.2 Å². The van der Waals surface area contributed by atoms with Crippen LogP contribution in [0.15, 0.2) is 60.7 Å². The number of ether oxygens (including phenoxy) is 1. The smallest absolute Gasteiger partial charge is 0.323 e. The number of rotatable bonds is 8. The zero-order valence-corrected chi connectivity index (χ0v) is 14.4. The zero-order chi connectivity index (χ0) is 18.2. The average molecular weight is 341 g/mol. The summed E-state index contributed by atoms with van der Waals surface area (Å²) in [7, 11) is 1.28. The maximum atomic E-state index is 12.4. The number of carbonyl (C=O) groups excluding carboxylic acids is 2. The first-order chi connectivity index (χ1) is 12.0. The summed E-state index contributed by atoms with van der Waals surface area (Å²) >= 11 is 0. The molecular weight excluding hydrogens is 318 g/mol. The van der Waals surface area contributed by atoms with Gasteiger partial charge in [0.1, 0.15) is 6.04 Å². The van der Waals surface area contributed by atoms with Gasteiger partial charge in [-0.15, -0.1) is 0 Å². The van der Waals surface area contributed by atoms with Gasteiger partial charge in [0.25, 0.3) is 0 Å². The van der Waals surface area contributed by atoms with Crippen LogP contribution < -0.4 is 5.32 Å². The Morgan fingerprint density at radius 3 is 2.16 bits per heavy atom. The van der Waals surface area contributed by atoms with Crippen molar-refractivity contribution < 1.29 is 19.4 Å². The molecule has 2 rings (SSSR count). The predicted molar refractivity (Wildman–Crippen MR) is 95.2 cm³/mol. The molecule has 5 heteroatoms. The van der Waals surface area contributed by atoms with E-state index in [1.165, 1.54) is 7.11 Å². The Bertz CT molecular complexity index is 687. The minimum atomic E-state index is -0.828. The SMILES string of the molecule is COC(=O)C(CC(=O)c1ccccc1)NC(C)C(O)c1ccccc1. The summed E-state index contributed by atoms with van der Waals surface area (Å²) in [5.74, 6) is -0.693. The fourth-order valence-electron chi connectivity index (χ4n) is 2.63. The summed E-state index contributed by atoms with van der Waals surface area (Å²) in [6.45, 7) is 1.76. The molecule has 0 saturated heterocycles. The molecule has 0 radical (unpaired) electrons. The van der Waals surface area contributed by atoms with Gasteiger partial charge >= 0.3 is 5.97 Å². The van der Waals surface area contributed by atoms with E-state index in [1.807, 2.05) is 36.4 Å². The second-order valence-corrected chi connectivity index (χ2v) is 5.88. The number of aliphatic hydroxyl groups is 1. The minimum absolute atomic E-state index is 0.0392. The molecule has 5 nitrogen and oxygen atoms in total. The first-order valence-corrected chi connectivity index (χ1v) is 8.18. The highest BCUT2D eigenvalue weighted by molar-refractivity contribution is 5.98. The average Bonchev–Trinajstić information content (AvgIpc) is 2.67. The zero-order valence-electron chi connectivity index (χ0n) is 14.4. The molecular formula is C20H23NO4. The molecule has 2 aromatic carbocycles. The van der Waals surface area contributed by atoms with Crippen molar-refractivity contribution >= 4 is 11.8 Å². The molecule has 25 heavy (non-hydrogen) atoms. The topological polar surface area (TPSA) is 75.6 Å². The van der Waals surface area contributed by atoms with E-state index >= 15 is 0 Å². The van der Waals surface area contributed by atoms with Crippen molar-refractivity contribution in [1.29, 1.82) is 0 Å². The Kier molecular flexibility index (Phi) is 6.86. The lowest BCUT2D eigenvalue weighted by Crippen LogP contribution is -2.46. The summed E-state index contributed by atoms with van der Waals surface area (Å²) in [6.07, 6.45) is -0.845. The number of aliphatic hydroxyl groups excluding tert-OH is 1. The summed E-state index contributed by atoms with van der Waals surface area (Å²) in [6, 6.07) is 16.7. The van der Waals surface area contributed by atoms with Gasteiger partial charge in [-0.1, -0.05) is 60.7 Å². The van der Waals surface area contributed by atoms with E-state index in [0.29, 0.717) is 5.56 Å². The second-order valence-electron chi connectivity index (χ2n) is 5.88. The standard InChI is InChI=1S/C20H23NO4/c1-14(19(23)16-11-7-4-8-12-16)21-17(20(24)25-2)13-18(22)15-9-5-3-6-10-15/h3-12,14,17,19,21,23H,13H2,1-2H3. The molecule has 0 heterocycles. The fourth-order valence-corrected chi connectivity index (χ4v) is 2.63. The number of hydrogen-bond acceptors (Lipinski definition) is 5. The Hall–Kier alpha value is -2.50. The normalized spacial score (nSPS) is 14.4. The highest BCUT2D eigenvalue weighted by Crippen LogP contribution is 2.17. The van der Waals surface area contributed by atoms with E-state index in [-0.39, 0.29) is 12.2 Å². The third-order valence-electron chi connectivity index (χ3n) is 4.05. The highest BCUT2D eigenvalue weighted by Gasteiger charge is 2.27. The lowest BCUT2D eigenvalue weighted by atomic mass is 10.00. The molecule has 3 atom stereocenters. The van der Waals surface area contributed by atoms with Crippen molar-refractivity contribution in [3.8, 4) is 0 Å². The third-order valence-corrected chi connectivity index (χ3v) is 4.05. The molecule has 0 aromatic heterocycles. The van der Waals surface area contributed by atoms with Crippen LogP contribution in [-0.4, -0.2) is 36.1 Å². The van der Waals surface area contributed by atoms with Gasteiger partial charge in [-0.05, 0) is 12.5 Å². The quantitative estimate of drug-likeness (QED) is 0.570. The highest BCUT2D eigenvalue weighted by atomic mass is 16.5. The minimum Gasteiger partial charge on any atom is -0.468 e. The molecule has 2 aromatic rings. The monoisotopic (exact) mass is 341 g/mol. The van der Waals surface area contributed by atoms with Crippen molar-refractivity contribution in [3.05, 3.63) is 71.8 Å². The molecule has 2 N–H and O–H groups in total. The van der Waals surface area contributed by atoms with Crippen molar-refractivity contribution in [2.24, 2.45) is 0 Å². The van der Waals surface area contributed by atoms with E-state index in [0.717, 1.165) is 5.56 Å². The molecule has 0 aliphatic rings. The van der Waals surface area contributed by atoms with Crippen molar-refractivity contribution in [2.75, 3.05) is 7.11 Å². The fraction of sp³-hybridized carbons (Fsp3) is 0.300. The van der Waals surface area contributed by atoms with Crippen LogP contribution in [-0.2, 0) is 9.53 Å². The summed E-state index contributed by atoms with van der Waals surface area (Å²) < 4.78 is 4.80. The van der Waals surface area contributed by atoms with Gasteiger partial charge in [0.05, 0.1) is 13.2 Å². The van der Waals surface area contributed by atoms with Gasteiger partial charge in [-0.25, -0.2) is 0 Å². The molecule has 0 saturated carbocycles. The molecule has 0 fully saturated rings. The largest absolute Gasteiger partial charge is 0.468 e. The summed E-state index contributed by atoms with van der Waals surface area (Å²) in [5.41, 5.74) is 1.27. The van der Waals surface area contributed by atoms with Crippen molar-refractivity contribution in [3.63, 3.8) is 0 Å². The number of benzene rings is 2. The van der Waals surface area contributed by atoms with Crippen LogP contribution in [0.4, 0.5) is 0 Å². The first-order valence-electron chi connectivity index (χ1n) is 8.18. The van der Waals surface area contributed by atoms with Crippen LogP contribution in [0.1, 0.15) is 35.4 Å².